The SMILES string of the molecule is CC(C)(C)OC(=O)N1CCN(CCC(C)(C)[C@H](C(=O)OCc2ccccc2)N2C(=O)c3ccccc3C2=O)CC1. The summed E-state index contributed by atoms with van der Waals surface area (Å²) in [6, 6.07) is 14.8. The van der Waals surface area contributed by atoms with Crippen LogP contribution in [-0.4, -0.2) is 82.9 Å². The van der Waals surface area contributed by atoms with Crippen molar-refractivity contribution < 1.29 is 28.7 Å². The summed E-state index contributed by atoms with van der Waals surface area (Å²) in [5.41, 5.74) is 0.0677. The summed E-state index contributed by atoms with van der Waals surface area (Å²) in [5, 5.41) is 0. The molecule has 0 bridgehead atoms. The maximum Gasteiger partial charge on any atom is 0.410 e. The quantitative estimate of drug-likeness (QED) is 0.357. The molecule has 2 heterocycles. The number of ether oxygens (including phenoxy) is 2. The molecule has 1 fully saturated rings. The fraction of sp³-hybridized carbons (Fsp3) is 0.484. The van der Waals surface area contributed by atoms with Gasteiger partial charge in [-0.25, -0.2) is 9.59 Å². The summed E-state index contributed by atoms with van der Waals surface area (Å²) in [6.45, 7) is 12.4. The summed E-state index contributed by atoms with van der Waals surface area (Å²) in [5.74, 6) is -1.58. The number of piperazine rings is 1. The van der Waals surface area contributed by atoms with Gasteiger partial charge in [0.25, 0.3) is 11.8 Å². The molecule has 0 unspecified atom stereocenters. The summed E-state index contributed by atoms with van der Waals surface area (Å²) in [7, 11) is 0. The molecule has 3 amide bonds. The van der Waals surface area contributed by atoms with Gasteiger partial charge in [0.2, 0.25) is 0 Å². The van der Waals surface area contributed by atoms with E-state index in [0.717, 1.165) is 10.5 Å². The second kappa shape index (κ2) is 11.8. The third-order valence-electron chi connectivity index (χ3n) is 7.37. The lowest BCUT2D eigenvalue weighted by Gasteiger charge is -2.40. The monoisotopic (exact) mass is 549 g/mol. The number of benzene rings is 2. The number of esters is 1. The van der Waals surface area contributed by atoms with Gasteiger partial charge in [-0.15, -0.1) is 0 Å². The first-order valence-corrected chi connectivity index (χ1v) is 13.8. The lowest BCUT2D eigenvalue weighted by Crippen LogP contribution is -2.55. The lowest BCUT2D eigenvalue weighted by atomic mass is 9.79. The molecule has 0 radical (unpaired) electrons. The number of imide groups is 1. The number of carbonyl (C=O) groups excluding carboxylic acids is 4. The second-order valence-electron chi connectivity index (χ2n) is 12.1. The Bertz CT molecular complexity index is 1210. The highest BCUT2D eigenvalue weighted by Crippen LogP contribution is 2.36. The molecular weight excluding hydrogens is 510 g/mol. The predicted molar refractivity (Wildman–Crippen MR) is 150 cm³/mol. The predicted octanol–water partition coefficient (Wildman–Crippen LogP) is 4.36. The van der Waals surface area contributed by atoms with Crippen molar-refractivity contribution in [1.29, 1.82) is 0 Å². The van der Waals surface area contributed by atoms with Gasteiger partial charge in [0.1, 0.15) is 18.2 Å². The summed E-state index contributed by atoms with van der Waals surface area (Å²) >= 11 is 0. The molecule has 2 aliphatic rings. The third-order valence-corrected chi connectivity index (χ3v) is 7.37. The van der Waals surface area contributed by atoms with Crippen molar-refractivity contribution in [2.75, 3.05) is 32.7 Å². The van der Waals surface area contributed by atoms with Crippen molar-refractivity contribution in [2.24, 2.45) is 5.41 Å². The highest BCUT2D eigenvalue weighted by Gasteiger charge is 2.50. The average molecular weight is 550 g/mol. The smallest absolute Gasteiger partial charge is 0.410 e. The average Bonchev–Trinajstić information content (AvgIpc) is 3.16. The van der Waals surface area contributed by atoms with Crippen molar-refractivity contribution in [3.05, 3.63) is 71.3 Å². The second-order valence-corrected chi connectivity index (χ2v) is 12.1. The van der Waals surface area contributed by atoms with E-state index in [1.807, 2.05) is 65.0 Å². The van der Waals surface area contributed by atoms with Crippen LogP contribution in [0.15, 0.2) is 54.6 Å². The van der Waals surface area contributed by atoms with Crippen LogP contribution in [-0.2, 0) is 20.9 Å². The van der Waals surface area contributed by atoms with E-state index in [4.69, 9.17) is 9.47 Å². The zero-order valence-corrected chi connectivity index (χ0v) is 24.0. The first-order chi connectivity index (χ1) is 18.9. The largest absolute Gasteiger partial charge is 0.459 e. The van der Waals surface area contributed by atoms with Gasteiger partial charge in [0.05, 0.1) is 11.1 Å². The standard InChI is InChI=1S/C31H39N3O6/c1-30(2,3)40-29(38)33-19-17-32(18-20-33)16-15-31(4,5)25(28(37)39-21-22-11-7-6-8-12-22)34-26(35)23-13-9-10-14-24(23)27(34)36/h6-14,25H,15-21H2,1-5H3/t25-/m0/s1. The summed E-state index contributed by atoms with van der Waals surface area (Å²) in [4.78, 5) is 57.9. The Morgan fingerprint density at radius 2 is 1.38 bits per heavy atom. The van der Waals surface area contributed by atoms with Crippen LogP contribution >= 0.6 is 0 Å². The fourth-order valence-electron chi connectivity index (χ4n) is 5.09. The molecule has 0 aliphatic carbocycles. The van der Waals surface area contributed by atoms with Crippen molar-refractivity contribution >= 4 is 23.9 Å². The van der Waals surface area contributed by atoms with Crippen molar-refractivity contribution in [1.82, 2.24) is 14.7 Å². The number of carbonyl (C=O) groups is 4. The zero-order chi connectivity index (χ0) is 29.1. The van der Waals surface area contributed by atoms with E-state index in [2.05, 4.69) is 4.90 Å². The normalized spacial score (nSPS) is 17.0. The molecule has 0 aromatic heterocycles. The molecule has 0 saturated carbocycles. The summed E-state index contributed by atoms with van der Waals surface area (Å²) in [6.07, 6.45) is 0.206. The number of fused-ring (bicyclic) bond motifs is 1. The van der Waals surface area contributed by atoms with E-state index < -0.39 is 34.8 Å². The molecule has 40 heavy (non-hydrogen) atoms. The molecule has 9 nitrogen and oxygen atoms in total. The number of hydrogen-bond acceptors (Lipinski definition) is 7. The topological polar surface area (TPSA) is 96.5 Å². The number of nitrogens with zero attached hydrogens (tertiary/aromatic N) is 3. The highest BCUT2D eigenvalue weighted by atomic mass is 16.6. The van der Waals surface area contributed by atoms with Crippen LogP contribution in [0, 0.1) is 5.41 Å². The zero-order valence-electron chi connectivity index (χ0n) is 24.0. The number of hydrogen-bond donors (Lipinski definition) is 0. The Kier molecular flexibility index (Phi) is 8.63. The Morgan fingerprint density at radius 1 is 0.825 bits per heavy atom. The van der Waals surface area contributed by atoms with Crippen molar-refractivity contribution in [2.45, 2.75) is 59.3 Å². The van der Waals surface area contributed by atoms with E-state index in [-0.39, 0.29) is 12.7 Å². The van der Waals surface area contributed by atoms with E-state index >= 15 is 0 Å². The van der Waals surface area contributed by atoms with Gasteiger partial charge in [-0.1, -0.05) is 56.3 Å². The number of rotatable bonds is 8. The molecule has 2 aromatic rings. The molecule has 2 aliphatic heterocycles. The van der Waals surface area contributed by atoms with Gasteiger partial charge in [-0.3, -0.25) is 19.4 Å². The summed E-state index contributed by atoms with van der Waals surface area (Å²) < 4.78 is 11.2. The molecular formula is C31H39N3O6. The minimum atomic E-state index is -1.10. The molecule has 2 aromatic carbocycles. The Hall–Kier alpha value is -3.72. The molecule has 214 valence electrons. The van der Waals surface area contributed by atoms with Gasteiger partial charge in [-0.05, 0) is 56.8 Å². The van der Waals surface area contributed by atoms with E-state index in [1.165, 1.54) is 0 Å². The van der Waals surface area contributed by atoms with Crippen LogP contribution in [0.5, 0.6) is 0 Å². The molecule has 1 saturated heterocycles. The van der Waals surface area contributed by atoms with Crippen LogP contribution in [0.3, 0.4) is 0 Å². The Labute approximate surface area is 236 Å². The van der Waals surface area contributed by atoms with E-state index in [9.17, 15) is 19.2 Å². The number of amides is 3. The van der Waals surface area contributed by atoms with Gasteiger partial charge in [0, 0.05) is 26.2 Å². The van der Waals surface area contributed by atoms with Crippen molar-refractivity contribution in [3.63, 3.8) is 0 Å². The van der Waals surface area contributed by atoms with E-state index in [0.29, 0.717) is 50.3 Å². The molecule has 9 heteroatoms. The van der Waals surface area contributed by atoms with Crippen LogP contribution in [0.1, 0.15) is 67.3 Å². The first-order valence-electron chi connectivity index (χ1n) is 13.8. The molecule has 4 rings (SSSR count). The van der Waals surface area contributed by atoms with Crippen molar-refractivity contribution in [3.8, 4) is 0 Å². The van der Waals surface area contributed by atoms with Gasteiger partial charge in [0.15, 0.2) is 0 Å². The minimum Gasteiger partial charge on any atom is -0.459 e. The molecule has 1 atom stereocenters. The minimum absolute atomic E-state index is 0.0437. The highest BCUT2D eigenvalue weighted by molar-refractivity contribution is 6.22. The Morgan fingerprint density at radius 3 is 1.93 bits per heavy atom. The third kappa shape index (κ3) is 6.70. The lowest BCUT2D eigenvalue weighted by molar-refractivity contribution is -0.154. The van der Waals surface area contributed by atoms with Gasteiger partial charge in [-0.2, -0.15) is 0 Å². The molecule has 0 N–H and O–H groups in total. The van der Waals surface area contributed by atoms with Gasteiger partial charge < -0.3 is 14.4 Å². The van der Waals surface area contributed by atoms with Crippen LogP contribution in [0.4, 0.5) is 4.79 Å². The van der Waals surface area contributed by atoms with Crippen LogP contribution in [0.2, 0.25) is 0 Å². The maximum absolute atomic E-state index is 13.6. The molecule has 0 spiro atoms. The van der Waals surface area contributed by atoms with Gasteiger partial charge >= 0.3 is 12.1 Å². The maximum atomic E-state index is 13.6. The van der Waals surface area contributed by atoms with E-state index in [1.54, 1.807) is 29.2 Å². The Balaban J connectivity index is 1.46. The van der Waals surface area contributed by atoms with Crippen LogP contribution < -0.4 is 0 Å². The fourth-order valence-corrected chi connectivity index (χ4v) is 5.09. The first kappa shape index (κ1) is 29.3. The van der Waals surface area contributed by atoms with Crippen LogP contribution in [0.25, 0.3) is 0 Å².